The van der Waals surface area contributed by atoms with Crippen LogP contribution in [-0.2, 0) is 0 Å². The normalized spacial score (nSPS) is 10.8. The van der Waals surface area contributed by atoms with E-state index in [0.29, 0.717) is 64.4 Å². The van der Waals surface area contributed by atoms with Crippen molar-refractivity contribution in [2.75, 3.05) is 0 Å². The number of aromatic nitrogens is 1. The van der Waals surface area contributed by atoms with Crippen molar-refractivity contribution in [2.24, 2.45) is 0 Å². The lowest BCUT2D eigenvalue weighted by atomic mass is 9.97. The number of aldehydes is 1. The Labute approximate surface area is 179 Å². The number of rotatable bonds is 3. The lowest BCUT2D eigenvalue weighted by Gasteiger charge is -2.15. The molecule has 0 atom stereocenters. The highest BCUT2D eigenvalue weighted by molar-refractivity contribution is 6.43. The number of benzene rings is 2. The number of halogens is 6. The Bertz CT molecular complexity index is 988. The molecule has 1 heterocycles. The first-order valence-electron chi connectivity index (χ1n) is 7.07. The van der Waals surface area contributed by atoms with Gasteiger partial charge in [0.05, 0.1) is 25.8 Å². The summed E-state index contributed by atoms with van der Waals surface area (Å²) in [4.78, 5) is 15.6. The summed E-state index contributed by atoms with van der Waals surface area (Å²) in [7, 11) is 0. The van der Waals surface area contributed by atoms with E-state index in [9.17, 15) is 4.79 Å². The van der Waals surface area contributed by atoms with Gasteiger partial charge in [0.2, 0.25) is 0 Å². The lowest BCUT2D eigenvalue weighted by Crippen LogP contribution is -1.96. The highest BCUT2D eigenvalue weighted by Crippen LogP contribution is 2.45. The van der Waals surface area contributed by atoms with Gasteiger partial charge >= 0.3 is 0 Å². The molecule has 0 aliphatic rings. The van der Waals surface area contributed by atoms with Gasteiger partial charge in [-0.15, -0.1) is 0 Å². The molecule has 132 valence electrons. The average molecular weight is 466 g/mol. The fraction of sp³-hybridized carbons (Fsp3) is 0. The largest absolute Gasteiger partial charge is 0.298 e. The SMILES string of the molecule is O=Cc1cnc(-c2c(Cl)cc(Cl)cc2Cl)c(-c2c(Cl)cc(Cl)cc2Cl)c1. The van der Waals surface area contributed by atoms with Gasteiger partial charge in [0.25, 0.3) is 0 Å². The van der Waals surface area contributed by atoms with Crippen LogP contribution in [-0.4, -0.2) is 11.3 Å². The van der Waals surface area contributed by atoms with Crippen LogP contribution in [0.2, 0.25) is 30.1 Å². The van der Waals surface area contributed by atoms with E-state index in [4.69, 9.17) is 69.6 Å². The smallest absolute Gasteiger partial charge is 0.151 e. The summed E-state index contributed by atoms with van der Waals surface area (Å²) in [5, 5.41) is 1.97. The van der Waals surface area contributed by atoms with Crippen LogP contribution >= 0.6 is 69.6 Å². The molecule has 0 aliphatic heterocycles. The molecule has 2 aromatic carbocycles. The van der Waals surface area contributed by atoms with E-state index in [1.165, 1.54) is 6.20 Å². The lowest BCUT2D eigenvalue weighted by molar-refractivity contribution is 0.112. The number of nitrogens with zero attached hydrogens (tertiary/aromatic N) is 1. The van der Waals surface area contributed by atoms with Gasteiger partial charge in [-0.1, -0.05) is 69.6 Å². The maximum atomic E-state index is 11.2. The number of hydrogen-bond acceptors (Lipinski definition) is 2. The molecule has 0 N–H and O–H groups in total. The minimum Gasteiger partial charge on any atom is -0.298 e. The number of pyridine rings is 1. The van der Waals surface area contributed by atoms with E-state index in [2.05, 4.69) is 4.98 Å². The Balaban J connectivity index is 2.39. The first-order chi connectivity index (χ1) is 12.3. The Morgan fingerprint density at radius 3 is 1.62 bits per heavy atom. The van der Waals surface area contributed by atoms with E-state index in [0.717, 1.165) is 0 Å². The van der Waals surface area contributed by atoms with Crippen molar-refractivity contribution in [1.82, 2.24) is 4.98 Å². The van der Waals surface area contributed by atoms with Gasteiger partial charge in [0.15, 0.2) is 6.29 Å². The third kappa shape index (κ3) is 3.82. The van der Waals surface area contributed by atoms with E-state index < -0.39 is 0 Å². The fourth-order valence-electron chi connectivity index (χ4n) is 2.50. The molecule has 1 aromatic heterocycles. The van der Waals surface area contributed by atoms with Crippen LogP contribution in [0.4, 0.5) is 0 Å². The van der Waals surface area contributed by atoms with Gasteiger partial charge in [-0.25, -0.2) is 0 Å². The zero-order valence-electron chi connectivity index (χ0n) is 12.7. The zero-order chi connectivity index (χ0) is 19.0. The summed E-state index contributed by atoms with van der Waals surface area (Å²) in [6.07, 6.45) is 2.08. The molecule has 3 aromatic rings. The van der Waals surface area contributed by atoms with Crippen molar-refractivity contribution >= 4 is 75.9 Å². The Morgan fingerprint density at radius 1 is 0.692 bits per heavy atom. The monoisotopic (exact) mass is 463 g/mol. The predicted octanol–water partition coefficient (Wildman–Crippen LogP) is 8.15. The van der Waals surface area contributed by atoms with Crippen LogP contribution in [0.5, 0.6) is 0 Å². The van der Waals surface area contributed by atoms with Crippen molar-refractivity contribution in [3.05, 3.63) is 72.2 Å². The van der Waals surface area contributed by atoms with Crippen LogP contribution < -0.4 is 0 Å². The fourth-order valence-corrected chi connectivity index (χ4v) is 4.52. The van der Waals surface area contributed by atoms with Crippen LogP contribution in [0.25, 0.3) is 22.4 Å². The zero-order valence-corrected chi connectivity index (χ0v) is 17.2. The third-order valence-electron chi connectivity index (χ3n) is 3.56. The van der Waals surface area contributed by atoms with Gasteiger partial charge in [-0.2, -0.15) is 0 Å². The van der Waals surface area contributed by atoms with Crippen LogP contribution in [0.15, 0.2) is 36.5 Å². The van der Waals surface area contributed by atoms with Crippen molar-refractivity contribution < 1.29 is 4.79 Å². The van der Waals surface area contributed by atoms with Gasteiger partial charge in [-0.3, -0.25) is 9.78 Å². The first-order valence-corrected chi connectivity index (χ1v) is 9.33. The second-order valence-corrected chi connectivity index (χ2v) is 7.77. The third-order valence-corrected chi connectivity index (χ3v) is 5.19. The molecule has 26 heavy (non-hydrogen) atoms. The average Bonchev–Trinajstić information content (AvgIpc) is 2.54. The van der Waals surface area contributed by atoms with Crippen LogP contribution in [0.3, 0.4) is 0 Å². The number of carbonyl (C=O) groups is 1. The predicted molar refractivity (Wildman–Crippen MR) is 111 cm³/mol. The summed E-state index contributed by atoms with van der Waals surface area (Å²) in [5.74, 6) is 0. The molecule has 2 nitrogen and oxygen atoms in total. The maximum absolute atomic E-state index is 11.2. The number of carbonyl (C=O) groups excluding carboxylic acids is 1. The first kappa shape index (κ1) is 19.8. The molecular formula is C18H7Cl6NO. The molecule has 0 aliphatic carbocycles. The van der Waals surface area contributed by atoms with E-state index >= 15 is 0 Å². The molecular weight excluding hydrogens is 459 g/mol. The van der Waals surface area contributed by atoms with Gasteiger partial charge in [0.1, 0.15) is 0 Å². The molecule has 0 amide bonds. The second kappa shape index (κ2) is 7.93. The highest BCUT2D eigenvalue weighted by atomic mass is 35.5. The van der Waals surface area contributed by atoms with Crippen molar-refractivity contribution in [3.63, 3.8) is 0 Å². The standard InChI is InChI=1S/C18H7Cl6NO/c19-9-2-12(21)16(13(22)3-9)11-1-8(7-26)6-25-18(11)17-14(23)4-10(20)5-15(17)24/h1-7H. The minimum absolute atomic E-state index is 0.301. The summed E-state index contributed by atoms with van der Waals surface area (Å²) < 4.78 is 0. The van der Waals surface area contributed by atoms with Crippen molar-refractivity contribution in [3.8, 4) is 22.4 Å². The maximum Gasteiger partial charge on any atom is 0.151 e. The molecule has 0 spiro atoms. The van der Waals surface area contributed by atoms with E-state index in [-0.39, 0.29) is 0 Å². The van der Waals surface area contributed by atoms with Crippen molar-refractivity contribution in [1.29, 1.82) is 0 Å². The molecule has 0 unspecified atom stereocenters. The van der Waals surface area contributed by atoms with Crippen LogP contribution in [0, 0.1) is 0 Å². The summed E-state index contributed by atoms with van der Waals surface area (Å²) in [6.45, 7) is 0. The second-order valence-electron chi connectivity index (χ2n) is 5.27. The molecule has 8 heteroatoms. The molecule has 0 saturated heterocycles. The molecule has 0 fully saturated rings. The quantitative estimate of drug-likeness (QED) is 0.365. The van der Waals surface area contributed by atoms with Gasteiger partial charge in [-0.05, 0) is 30.3 Å². The van der Waals surface area contributed by atoms with Crippen molar-refractivity contribution in [2.45, 2.75) is 0 Å². The Morgan fingerprint density at radius 2 is 1.15 bits per heavy atom. The Kier molecular flexibility index (Phi) is 6.03. The molecule has 0 radical (unpaired) electrons. The molecule has 0 bridgehead atoms. The minimum atomic E-state index is 0.301. The van der Waals surface area contributed by atoms with E-state index in [1.807, 2.05) is 0 Å². The summed E-state index contributed by atoms with van der Waals surface area (Å²) >= 11 is 37.4. The van der Waals surface area contributed by atoms with Gasteiger partial charge in [0, 0.05) is 38.5 Å². The summed E-state index contributed by atoms with van der Waals surface area (Å²) in [5.41, 5.74) is 2.16. The topological polar surface area (TPSA) is 30.0 Å². The van der Waals surface area contributed by atoms with E-state index in [1.54, 1.807) is 30.3 Å². The molecule has 3 rings (SSSR count). The Hall–Kier alpha value is -1.000. The van der Waals surface area contributed by atoms with Crippen LogP contribution in [0.1, 0.15) is 10.4 Å². The summed E-state index contributed by atoms with van der Waals surface area (Å²) in [6, 6.07) is 7.81. The van der Waals surface area contributed by atoms with Gasteiger partial charge < -0.3 is 0 Å². The highest BCUT2D eigenvalue weighted by Gasteiger charge is 2.21. The molecule has 0 saturated carbocycles. The number of hydrogen-bond donors (Lipinski definition) is 0.